The molecule has 108 valence electrons. The summed E-state index contributed by atoms with van der Waals surface area (Å²) in [6.45, 7) is -1.36. The van der Waals surface area contributed by atoms with Gasteiger partial charge in [0.25, 0.3) is 0 Å². The molecule has 1 aliphatic carbocycles. The third-order valence-corrected chi connectivity index (χ3v) is 4.71. The van der Waals surface area contributed by atoms with Crippen LogP contribution in [0.25, 0.3) is 0 Å². The molecule has 19 heavy (non-hydrogen) atoms. The molecule has 0 radical (unpaired) electrons. The van der Waals surface area contributed by atoms with Gasteiger partial charge >= 0.3 is 6.18 Å². The fourth-order valence-electron chi connectivity index (χ4n) is 1.77. The van der Waals surface area contributed by atoms with Gasteiger partial charge in [-0.15, -0.1) is 0 Å². The summed E-state index contributed by atoms with van der Waals surface area (Å²) in [5.41, 5.74) is 5.80. The third kappa shape index (κ3) is 3.28. The normalized spacial score (nSPS) is 17.1. The number of aromatic nitrogens is 1. The van der Waals surface area contributed by atoms with Gasteiger partial charge in [0.1, 0.15) is 6.54 Å². The van der Waals surface area contributed by atoms with E-state index >= 15 is 0 Å². The maximum Gasteiger partial charge on any atom is 0.402 e. The molecule has 1 saturated carbocycles. The topological polar surface area (TPSA) is 79.2 Å². The zero-order valence-corrected chi connectivity index (χ0v) is 10.8. The standard InChI is InChI=1S/C10H14F3N3O2S/c11-10(12,13)6-16(8-1-2-8)19(17,18)9-3-7(4-14)15-5-9/h3,5,8,15H,1-2,4,6,14H2. The van der Waals surface area contributed by atoms with Crippen molar-refractivity contribution in [3.05, 3.63) is 18.0 Å². The minimum atomic E-state index is -4.55. The molecule has 3 N–H and O–H groups in total. The number of halogens is 3. The lowest BCUT2D eigenvalue weighted by molar-refractivity contribution is -0.137. The smallest absolute Gasteiger partial charge is 0.363 e. The molecule has 0 spiro atoms. The first-order valence-electron chi connectivity index (χ1n) is 5.70. The van der Waals surface area contributed by atoms with Crippen LogP contribution in [-0.2, 0) is 16.6 Å². The van der Waals surface area contributed by atoms with Crippen LogP contribution in [0.3, 0.4) is 0 Å². The summed E-state index contributed by atoms with van der Waals surface area (Å²) >= 11 is 0. The van der Waals surface area contributed by atoms with Crippen LogP contribution < -0.4 is 5.73 Å². The lowest BCUT2D eigenvalue weighted by atomic mass is 10.4. The molecule has 0 amide bonds. The second-order valence-electron chi connectivity index (χ2n) is 4.46. The zero-order chi connectivity index (χ0) is 14.3. The van der Waals surface area contributed by atoms with E-state index in [2.05, 4.69) is 4.98 Å². The number of nitrogens with zero attached hydrogens (tertiary/aromatic N) is 1. The van der Waals surface area contributed by atoms with Crippen molar-refractivity contribution < 1.29 is 21.6 Å². The van der Waals surface area contributed by atoms with E-state index in [1.807, 2.05) is 0 Å². The van der Waals surface area contributed by atoms with Crippen molar-refractivity contribution in [2.75, 3.05) is 6.54 Å². The molecule has 0 aromatic carbocycles. The van der Waals surface area contributed by atoms with Gasteiger partial charge in [0.05, 0.1) is 4.90 Å². The van der Waals surface area contributed by atoms with Crippen molar-refractivity contribution in [1.29, 1.82) is 0 Å². The monoisotopic (exact) mass is 297 g/mol. The Kier molecular flexibility index (Phi) is 3.63. The zero-order valence-electron chi connectivity index (χ0n) is 9.94. The van der Waals surface area contributed by atoms with Crippen molar-refractivity contribution in [1.82, 2.24) is 9.29 Å². The number of nitrogens with one attached hydrogen (secondary N) is 1. The van der Waals surface area contributed by atoms with E-state index in [4.69, 9.17) is 5.73 Å². The molecule has 1 heterocycles. The fraction of sp³-hybridized carbons (Fsp3) is 0.600. The van der Waals surface area contributed by atoms with Gasteiger partial charge in [-0.05, 0) is 18.9 Å². The van der Waals surface area contributed by atoms with Crippen LogP contribution in [0, 0.1) is 0 Å². The lowest BCUT2D eigenvalue weighted by Gasteiger charge is -2.22. The molecule has 0 aliphatic heterocycles. The minimum absolute atomic E-state index is 0.0955. The Morgan fingerprint density at radius 2 is 2.05 bits per heavy atom. The van der Waals surface area contributed by atoms with Crippen molar-refractivity contribution in [2.45, 2.75) is 36.5 Å². The van der Waals surface area contributed by atoms with Gasteiger partial charge in [-0.25, -0.2) is 8.42 Å². The highest BCUT2D eigenvalue weighted by molar-refractivity contribution is 7.89. The molecule has 0 atom stereocenters. The molecule has 9 heteroatoms. The summed E-state index contributed by atoms with van der Waals surface area (Å²) in [6, 6.07) is 0.712. The molecule has 1 aliphatic rings. The van der Waals surface area contributed by atoms with E-state index in [1.54, 1.807) is 0 Å². The van der Waals surface area contributed by atoms with Crippen molar-refractivity contribution in [3.8, 4) is 0 Å². The van der Waals surface area contributed by atoms with Gasteiger partial charge in [0.15, 0.2) is 0 Å². The highest BCUT2D eigenvalue weighted by Gasteiger charge is 2.44. The molecule has 2 rings (SSSR count). The van der Waals surface area contributed by atoms with E-state index in [1.165, 1.54) is 12.3 Å². The Labute approximate surface area is 108 Å². The third-order valence-electron chi connectivity index (χ3n) is 2.83. The first-order chi connectivity index (χ1) is 8.74. The van der Waals surface area contributed by atoms with Crippen LogP contribution in [0.4, 0.5) is 13.2 Å². The van der Waals surface area contributed by atoms with Crippen molar-refractivity contribution in [2.24, 2.45) is 5.73 Å². The molecular weight excluding hydrogens is 283 g/mol. The number of hydrogen-bond donors (Lipinski definition) is 2. The van der Waals surface area contributed by atoms with Gasteiger partial charge in [-0.2, -0.15) is 17.5 Å². The quantitative estimate of drug-likeness (QED) is 0.857. The van der Waals surface area contributed by atoms with E-state index in [0.717, 1.165) is 0 Å². The molecule has 1 aromatic rings. The predicted octanol–water partition coefficient (Wildman–Crippen LogP) is 1.19. The van der Waals surface area contributed by atoms with Gasteiger partial charge in [-0.3, -0.25) is 0 Å². The largest absolute Gasteiger partial charge is 0.402 e. The van der Waals surface area contributed by atoms with Gasteiger partial charge < -0.3 is 10.7 Å². The number of rotatable bonds is 5. The Bertz CT molecular complexity index is 549. The first kappa shape index (κ1) is 14.4. The summed E-state index contributed by atoms with van der Waals surface area (Å²) in [5.74, 6) is 0. The molecule has 0 unspecified atom stereocenters. The first-order valence-corrected chi connectivity index (χ1v) is 7.14. The summed E-state index contributed by atoms with van der Waals surface area (Å²) < 4.78 is 62.3. The molecular formula is C10H14F3N3O2S. The van der Waals surface area contributed by atoms with Gasteiger partial charge in [0, 0.05) is 24.5 Å². The Morgan fingerprint density at radius 1 is 1.42 bits per heavy atom. The number of alkyl halides is 3. The summed E-state index contributed by atoms with van der Waals surface area (Å²) in [5, 5.41) is 0. The van der Waals surface area contributed by atoms with E-state index in [9.17, 15) is 21.6 Å². The van der Waals surface area contributed by atoms with Crippen LogP contribution in [0.15, 0.2) is 17.2 Å². The minimum Gasteiger partial charge on any atom is -0.363 e. The average molecular weight is 297 g/mol. The average Bonchev–Trinajstić information content (AvgIpc) is 3.00. The Hall–Kier alpha value is -1.06. The summed E-state index contributed by atoms with van der Waals surface area (Å²) in [7, 11) is -4.13. The summed E-state index contributed by atoms with van der Waals surface area (Å²) in [6.07, 6.45) is -2.46. The van der Waals surface area contributed by atoms with E-state index in [0.29, 0.717) is 22.8 Å². The van der Waals surface area contributed by atoms with E-state index in [-0.39, 0.29) is 11.4 Å². The van der Waals surface area contributed by atoms with Crippen LogP contribution >= 0.6 is 0 Å². The van der Waals surface area contributed by atoms with Crippen LogP contribution in [0.1, 0.15) is 18.5 Å². The Morgan fingerprint density at radius 3 is 2.47 bits per heavy atom. The number of H-pyrrole nitrogens is 1. The second kappa shape index (κ2) is 4.80. The molecule has 0 bridgehead atoms. The number of sulfonamides is 1. The molecule has 1 fully saturated rings. The summed E-state index contributed by atoms with van der Waals surface area (Å²) in [4.78, 5) is 2.45. The Balaban J connectivity index is 2.29. The van der Waals surface area contributed by atoms with Gasteiger partial charge in [0.2, 0.25) is 10.0 Å². The lowest BCUT2D eigenvalue weighted by Crippen LogP contribution is -2.40. The molecule has 1 aromatic heterocycles. The fourth-order valence-corrected chi connectivity index (χ4v) is 3.46. The number of nitrogens with two attached hydrogens (primary N) is 1. The van der Waals surface area contributed by atoms with E-state index < -0.39 is 28.8 Å². The van der Waals surface area contributed by atoms with Gasteiger partial charge in [-0.1, -0.05) is 0 Å². The molecule has 0 saturated heterocycles. The van der Waals surface area contributed by atoms with Crippen LogP contribution in [0.5, 0.6) is 0 Å². The van der Waals surface area contributed by atoms with Crippen molar-refractivity contribution in [3.63, 3.8) is 0 Å². The van der Waals surface area contributed by atoms with Crippen molar-refractivity contribution >= 4 is 10.0 Å². The highest BCUT2D eigenvalue weighted by Crippen LogP contribution is 2.34. The predicted molar refractivity (Wildman–Crippen MR) is 61.7 cm³/mol. The molecule has 5 nitrogen and oxygen atoms in total. The number of aromatic amines is 1. The maximum atomic E-state index is 12.5. The SMILES string of the molecule is NCc1cc(S(=O)(=O)N(CC(F)(F)F)C2CC2)c[nH]1. The highest BCUT2D eigenvalue weighted by atomic mass is 32.2. The van der Waals surface area contributed by atoms with Crippen LogP contribution in [-0.4, -0.2) is 36.5 Å². The number of hydrogen-bond acceptors (Lipinski definition) is 3. The maximum absolute atomic E-state index is 12.5. The second-order valence-corrected chi connectivity index (χ2v) is 6.35. The van der Waals surface area contributed by atoms with Crippen LogP contribution in [0.2, 0.25) is 0 Å².